The topological polar surface area (TPSA) is 95.1 Å². The van der Waals surface area contributed by atoms with Crippen molar-refractivity contribution in [2.45, 2.75) is 176 Å². The van der Waals surface area contributed by atoms with Crippen LogP contribution in [0, 0.1) is 17.2 Å². The molecule has 0 aromatic heterocycles. The Hall–Kier alpha value is -3.82. The number of benzene rings is 3. The Labute approximate surface area is 340 Å². The Morgan fingerprint density at radius 3 is 1.39 bits per heavy atom. The van der Waals surface area contributed by atoms with Crippen LogP contribution in [-0.2, 0) is 27.3 Å². The molecule has 56 heavy (non-hydrogen) atoms. The van der Waals surface area contributed by atoms with Gasteiger partial charge in [0.1, 0.15) is 22.8 Å². The monoisotopic (exact) mass is 767 g/mol. The first-order chi connectivity index (χ1) is 25.8. The molecule has 0 bridgehead atoms. The Bertz CT molecular complexity index is 1690. The highest BCUT2D eigenvalue weighted by Crippen LogP contribution is 2.49. The van der Waals surface area contributed by atoms with Gasteiger partial charge in [0.2, 0.25) is 0 Å². The van der Waals surface area contributed by atoms with Gasteiger partial charge in [-0.15, -0.1) is 0 Å². The lowest BCUT2D eigenvalue weighted by molar-refractivity contribution is 0.0447. The van der Waals surface area contributed by atoms with Gasteiger partial charge in [0.25, 0.3) is 0 Å². The zero-order valence-corrected chi connectivity index (χ0v) is 37.8. The van der Waals surface area contributed by atoms with E-state index in [1.54, 1.807) is 18.3 Å². The SMILES string of the molecule is CCCCOc1c(C(C)(C)C)cc(C(O)(c2cc(C(C)(C)C)c(OCCCC)c(C(C)(C)C)c2)C(CC(C)C)N=Cc2cc(C#N)ccc2O)cc1C(C)(C)C. The van der Waals surface area contributed by atoms with Crippen molar-refractivity contribution < 1.29 is 19.7 Å². The van der Waals surface area contributed by atoms with Crippen molar-refractivity contribution >= 4 is 6.21 Å². The van der Waals surface area contributed by atoms with E-state index in [-0.39, 0.29) is 33.3 Å². The summed E-state index contributed by atoms with van der Waals surface area (Å²) in [5.74, 6) is 1.95. The van der Waals surface area contributed by atoms with E-state index in [2.05, 4.69) is 141 Å². The molecule has 0 aliphatic carbocycles. The van der Waals surface area contributed by atoms with Gasteiger partial charge in [0.15, 0.2) is 0 Å². The number of nitriles is 1. The molecule has 1 unspecified atom stereocenters. The molecule has 0 amide bonds. The standard InChI is InChI=1S/C50H74N2O4/c1-17-19-23-55-44-38(46(5,6)7)27-36(28-39(44)47(8,9)10)50(54,43(25-33(3)4)52-32-35-26-34(31-51)21-22-42(35)53)37-29-40(48(11,12)13)45(56-24-20-18-2)41(30-37)49(14,15)16/h21-22,26-30,32-33,43,53-54H,17-20,23-25H2,1-16H3. The number of unbranched alkanes of at least 4 members (excludes halogenated alkanes) is 2. The van der Waals surface area contributed by atoms with Crippen molar-refractivity contribution in [3.05, 3.63) is 87.0 Å². The minimum atomic E-state index is -1.65. The Kier molecular flexibility index (Phi) is 15.1. The highest BCUT2D eigenvalue weighted by Gasteiger charge is 2.45. The number of rotatable bonds is 15. The van der Waals surface area contributed by atoms with Crippen molar-refractivity contribution in [3.63, 3.8) is 0 Å². The molecule has 0 radical (unpaired) electrons. The largest absolute Gasteiger partial charge is 0.507 e. The minimum Gasteiger partial charge on any atom is -0.507 e. The summed E-state index contributed by atoms with van der Waals surface area (Å²) in [6, 6.07) is 14.9. The van der Waals surface area contributed by atoms with Crippen LogP contribution in [0.25, 0.3) is 0 Å². The van der Waals surface area contributed by atoms with Gasteiger partial charge in [0.05, 0.1) is 30.9 Å². The summed E-state index contributed by atoms with van der Waals surface area (Å²) < 4.78 is 13.4. The Morgan fingerprint density at radius 1 is 0.679 bits per heavy atom. The number of aromatic hydroxyl groups is 1. The second kappa shape index (κ2) is 18.2. The number of hydrogen-bond donors (Lipinski definition) is 2. The van der Waals surface area contributed by atoms with Crippen LogP contribution < -0.4 is 9.47 Å². The molecule has 1 atom stereocenters. The van der Waals surface area contributed by atoms with Crippen LogP contribution in [-0.4, -0.2) is 35.7 Å². The van der Waals surface area contributed by atoms with Gasteiger partial charge in [0, 0.05) is 34.0 Å². The van der Waals surface area contributed by atoms with E-state index in [1.807, 2.05) is 0 Å². The van der Waals surface area contributed by atoms with Crippen molar-refractivity contribution in [2.75, 3.05) is 13.2 Å². The second-order valence-corrected chi connectivity index (χ2v) is 20.3. The van der Waals surface area contributed by atoms with E-state index in [1.165, 1.54) is 6.07 Å². The smallest absolute Gasteiger partial charge is 0.137 e. The molecular formula is C50H74N2O4. The van der Waals surface area contributed by atoms with Crippen molar-refractivity contribution in [1.29, 1.82) is 5.26 Å². The molecule has 3 rings (SSSR count). The molecule has 0 heterocycles. The van der Waals surface area contributed by atoms with E-state index < -0.39 is 11.6 Å². The minimum absolute atomic E-state index is 0.0248. The average molecular weight is 767 g/mol. The third-order valence-corrected chi connectivity index (χ3v) is 10.5. The normalized spacial score (nSPS) is 13.7. The molecular weight excluding hydrogens is 693 g/mol. The number of phenols is 1. The summed E-state index contributed by atoms with van der Waals surface area (Å²) in [7, 11) is 0. The number of hydrogen-bond acceptors (Lipinski definition) is 6. The highest BCUT2D eigenvalue weighted by atomic mass is 16.5. The van der Waals surface area contributed by atoms with Gasteiger partial charge < -0.3 is 19.7 Å². The Morgan fingerprint density at radius 2 is 1.07 bits per heavy atom. The van der Waals surface area contributed by atoms with Crippen molar-refractivity contribution in [1.82, 2.24) is 0 Å². The van der Waals surface area contributed by atoms with Crippen LogP contribution in [0.3, 0.4) is 0 Å². The number of aliphatic imine (C=N–C) groups is 1. The molecule has 3 aromatic rings. The van der Waals surface area contributed by atoms with Gasteiger partial charge in [-0.1, -0.05) is 124 Å². The molecule has 0 spiro atoms. The zero-order valence-electron chi connectivity index (χ0n) is 37.8. The number of nitrogens with zero attached hydrogens (tertiary/aromatic N) is 2. The predicted octanol–water partition coefficient (Wildman–Crippen LogP) is 12.6. The average Bonchev–Trinajstić information content (AvgIpc) is 3.08. The molecule has 0 saturated heterocycles. The Balaban J connectivity index is 2.68. The maximum atomic E-state index is 14.2. The summed E-state index contributed by atoms with van der Waals surface area (Å²) in [6.07, 6.45) is 6.12. The summed E-state index contributed by atoms with van der Waals surface area (Å²) >= 11 is 0. The van der Waals surface area contributed by atoms with Crippen LogP contribution >= 0.6 is 0 Å². The lowest BCUT2D eigenvalue weighted by atomic mass is 9.69. The van der Waals surface area contributed by atoms with Crippen LogP contribution in [0.2, 0.25) is 0 Å². The first-order valence-electron chi connectivity index (χ1n) is 20.9. The molecule has 308 valence electrons. The molecule has 3 aromatic carbocycles. The number of ether oxygens (including phenoxy) is 2. The zero-order chi connectivity index (χ0) is 42.4. The summed E-state index contributed by atoms with van der Waals surface area (Å²) in [5, 5.41) is 34.8. The van der Waals surface area contributed by atoms with Gasteiger partial charge in [-0.3, -0.25) is 4.99 Å². The fraction of sp³-hybridized carbons (Fsp3) is 0.600. The van der Waals surface area contributed by atoms with E-state index >= 15 is 0 Å². The van der Waals surface area contributed by atoms with Crippen LogP contribution in [0.15, 0.2) is 47.5 Å². The van der Waals surface area contributed by atoms with E-state index in [0.29, 0.717) is 30.8 Å². The molecule has 2 N–H and O–H groups in total. The quantitative estimate of drug-likeness (QED) is 0.119. The van der Waals surface area contributed by atoms with E-state index in [9.17, 15) is 15.5 Å². The van der Waals surface area contributed by atoms with Crippen molar-refractivity contribution in [3.8, 4) is 23.3 Å². The van der Waals surface area contributed by atoms with Crippen molar-refractivity contribution in [2.24, 2.45) is 10.9 Å². The molecule has 0 aliphatic heterocycles. The predicted molar refractivity (Wildman–Crippen MR) is 235 cm³/mol. The number of aliphatic hydroxyl groups is 1. The molecule has 0 aliphatic rings. The van der Waals surface area contributed by atoms with Gasteiger partial charge in [-0.2, -0.15) is 5.26 Å². The van der Waals surface area contributed by atoms with Crippen LogP contribution in [0.5, 0.6) is 17.2 Å². The van der Waals surface area contributed by atoms with E-state index in [4.69, 9.17) is 14.5 Å². The third-order valence-electron chi connectivity index (χ3n) is 10.5. The molecule has 0 saturated carbocycles. The summed E-state index contributed by atoms with van der Waals surface area (Å²) in [5.41, 5.74) is 3.56. The summed E-state index contributed by atoms with van der Waals surface area (Å²) in [4.78, 5) is 5.22. The van der Waals surface area contributed by atoms with Crippen LogP contribution in [0.4, 0.5) is 0 Å². The van der Waals surface area contributed by atoms with Gasteiger partial charge in [-0.25, -0.2) is 0 Å². The first kappa shape index (κ1) is 46.6. The molecule has 6 heteroatoms. The molecule has 6 nitrogen and oxygen atoms in total. The maximum absolute atomic E-state index is 14.2. The van der Waals surface area contributed by atoms with Gasteiger partial charge in [-0.05, 0) is 100 Å². The highest BCUT2D eigenvalue weighted by molar-refractivity contribution is 5.84. The lowest BCUT2D eigenvalue weighted by Crippen LogP contribution is -2.42. The maximum Gasteiger partial charge on any atom is 0.137 e. The van der Waals surface area contributed by atoms with Crippen LogP contribution in [0.1, 0.15) is 187 Å². The number of phenolic OH excluding ortho intramolecular Hbond substituents is 1. The first-order valence-corrected chi connectivity index (χ1v) is 20.9. The van der Waals surface area contributed by atoms with E-state index in [0.717, 1.165) is 70.6 Å². The summed E-state index contributed by atoms with van der Waals surface area (Å²) in [6.45, 7) is 36.3. The lowest BCUT2D eigenvalue weighted by Gasteiger charge is -2.41. The fourth-order valence-corrected chi connectivity index (χ4v) is 7.11. The molecule has 0 fully saturated rings. The second-order valence-electron chi connectivity index (χ2n) is 20.3. The van der Waals surface area contributed by atoms with Gasteiger partial charge >= 0.3 is 0 Å². The third kappa shape index (κ3) is 11.2. The fourth-order valence-electron chi connectivity index (χ4n) is 7.11.